The van der Waals surface area contributed by atoms with E-state index in [9.17, 15) is 13.6 Å². The van der Waals surface area contributed by atoms with Gasteiger partial charge in [0.2, 0.25) is 0 Å². The van der Waals surface area contributed by atoms with Crippen molar-refractivity contribution in [2.24, 2.45) is 11.8 Å². The Morgan fingerprint density at radius 1 is 1.39 bits per heavy atom. The summed E-state index contributed by atoms with van der Waals surface area (Å²) in [5.41, 5.74) is -0.656. The van der Waals surface area contributed by atoms with Gasteiger partial charge in [-0.1, -0.05) is 0 Å². The van der Waals surface area contributed by atoms with Crippen LogP contribution in [0.4, 0.5) is 13.6 Å². The molecule has 0 aromatic carbocycles. The Hall–Kier alpha value is -0.910. The normalized spacial score (nSPS) is 31.1. The van der Waals surface area contributed by atoms with Gasteiger partial charge in [0.1, 0.15) is 5.60 Å². The van der Waals surface area contributed by atoms with Gasteiger partial charge >= 0.3 is 6.09 Å². The van der Waals surface area contributed by atoms with Gasteiger partial charge in [0.25, 0.3) is 5.92 Å². The highest BCUT2D eigenvalue weighted by Crippen LogP contribution is 2.38. The molecule has 0 unspecified atom stereocenters. The third-order valence-corrected chi connectivity index (χ3v) is 3.39. The Bertz CT molecular complexity index is 341. The molecule has 0 aliphatic carbocycles. The number of rotatable bonds is 0. The Morgan fingerprint density at radius 3 is 2.67 bits per heavy atom. The number of alkyl halides is 2. The monoisotopic (exact) mass is 262 g/mol. The van der Waals surface area contributed by atoms with E-state index in [0.717, 1.165) is 4.90 Å². The molecule has 1 N–H and O–H groups in total. The van der Waals surface area contributed by atoms with Crippen molar-refractivity contribution in [2.75, 3.05) is 26.2 Å². The molecule has 2 aliphatic rings. The summed E-state index contributed by atoms with van der Waals surface area (Å²) in [5, 5.41) is 2.97. The predicted molar refractivity (Wildman–Crippen MR) is 62.6 cm³/mol. The number of nitrogens with one attached hydrogen (secondary N) is 1. The van der Waals surface area contributed by atoms with Crippen LogP contribution in [-0.4, -0.2) is 48.7 Å². The summed E-state index contributed by atoms with van der Waals surface area (Å²) in [4.78, 5) is 13.0. The third-order valence-electron chi connectivity index (χ3n) is 3.39. The van der Waals surface area contributed by atoms with Gasteiger partial charge in [-0.15, -0.1) is 0 Å². The summed E-state index contributed by atoms with van der Waals surface area (Å²) in [6.07, 6.45) is -0.646. The number of halogens is 2. The van der Waals surface area contributed by atoms with Crippen LogP contribution in [-0.2, 0) is 4.74 Å². The van der Waals surface area contributed by atoms with Gasteiger partial charge in [0.05, 0.1) is 6.54 Å². The van der Waals surface area contributed by atoms with Gasteiger partial charge in [0, 0.05) is 25.6 Å². The molecule has 18 heavy (non-hydrogen) atoms. The van der Waals surface area contributed by atoms with Crippen molar-refractivity contribution in [2.45, 2.75) is 32.3 Å². The average Bonchev–Trinajstić information content (AvgIpc) is 2.62. The summed E-state index contributed by atoms with van der Waals surface area (Å²) < 4.78 is 33.0. The molecule has 2 atom stereocenters. The molecule has 0 aromatic rings. The summed E-state index contributed by atoms with van der Waals surface area (Å²) in [6, 6.07) is 0. The quantitative estimate of drug-likeness (QED) is 0.722. The molecular formula is C12H20F2N2O2. The molecule has 0 radical (unpaired) electrons. The van der Waals surface area contributed by atoms with Gasteiger partial charge in [-0.25, -0.2) is 13.6 Å². The van der Waals surface area contributed by atoms with Gasteiger partial charge in [-0.3, -0.25) is 0 Å². The molecule has 2 fully saturated rings. The van der Waals surface area contributed by atoms with Crippen LogP contribution in [0.5, 0.6) is 0 Å². The first-order chi connectivity index (χ1) is 8.19. The molecule has 0 spiro atoms. The van der Waals surface area contributed by atoms with Gasteiger partial charge in [0.15, 0.2) is 0 Å². The van der Waals surface area contributed by atoms with E-state index in [1.165, 1.54) is 0 Å². The molecule has 2 heterocycles. The molecule has 1 amide bonds. The van der Waals surface area contributed by atoms with Crippen molar-refractivity contribution >= 4 is 6.09 Å². The maximum absolute atomic E-state index is 13.9. The first kappa shape index (κ1) is 13.5. The van der Waals surface area contributed by atoms with Crippen LogP contribution in [0.25, 0.3) is 0 Å². The molecule has 104 valence electrons. The number of ether oxygens (including phenoxy) is 1. The SMILES string of the molecule is CC(C)(C)OC(=O)N1C[C@@H]2CNC[C@@H]2C(F)(F)C1. The van der Waals surface area contributed by atoms with Crippen molar-refractivity contribution in [3.8, 4) is 0 Å². The number of likely N-dealkylation sites (tertiary alicyclic amines) is 1. The van der Waals surface area contributed by atoms with Crippen molar-refractivity contribution in [3.05, 3.63) is 0 Å². The van der Waals surface area contributed by atoms with E-state index in [4.69, 9.17) is 4.74 Å². The Balaban J connectivity index is 2.05. The van der Waals surface area contributed by atoms with Crippen LogP contribution < -0.4 is 5.32 Å². The fourth-order valence-electron chi connectivity index (χ4n) is 2.60. The molecule has 2 rings (SSSR count). The zero-order valence-corrected chi connectivity index (χ0v) is 11.0. The first-order valence-corrected chi connectivity index (χ1v) is 6.25. The Labute approximate surface area is 106 Å². The van der Waals surface area contributed by atoms with Gasteiger partial charge < -0.3 is 15.0 Å². The fourth-order valence-corrected chi connectivity index (χ4v) is 2.60. The maximum atomic E-state index is 13.9. The van der Waals surface area contributed by atoms with Crippen molar-refractivity contribution < 1.29 is 18.3 Å². The number of carbonyl (C=O) groups excluding carboxylic acids is 1. The molecule has 0 saturated carbocycles. The van der Waals surface area contributed by atoms with E-state index < -0.39 is 30.1 Å². The summed E-state index contributed by atoms with van der Waals surface area (Å²) in [6.45, 7) is 5.87. The van der Waals surface area contributed by atoms with Crippen LogP contribution >= 0.6 is 0 Å². The standard InChI is InChI=1S/C12H20F2N2O2/c1-11(2,3)18-10(17)16-6-8-4-15-5-9(8)12(13,14)7-16/h8-9,15H,4-7H2,1-3H3/t8-,9-/m0/s1. The number of hydrogen-bond acceptors (Lipinski definition) is 3. The lowest BCUT2D eigenvalue weighted by molar-refractivity contribution is -0.119. The van der Waals surface area contributed by atoms with E-state index in [-0.39, 0.29) is 5.92 Å². The van der Waals surface area contributed by atoms with Gasteiger partial charge in [-0.05, 0) is 26.7 Å². The lowest BCUT2D eigenvalue weighted by Crippen LogP contribution is -2.55. The van der Waals surface area contributed by atoms with E-state index in [1.54, 1.807) is 20.8 Å². The number of hydrogen-bond donors (Lipinski definition) is 1. The zero-order chi connectivity index (χ0) is 13.6. The van der Waals surface area contributed by atoms with Crippen molar-refractivity contribution in [3.63, 3.8) is 0 Å². The van der Waals surface area contributed by atoms with Crippen LogP contribution in [0.3, 0.4) is 0 Å². The summed E-state index contributed by atoms with van der Waals surface area (Å²) in [7, 11) is 0. The van der Waals surface area contributed by atoms with E-state index >= 15 is 0 Å². The molecule has 0 aromatic heterocycles. The molecule has 2 aliphatic heterocycles. The largest absolute Gasteiger partial charge is 0.444 e. The second-order valence-electron chi connectivity index (χ2n) is 6.15. The topological polar surface area (TPSA) is 41.6 Å². The number of amides is 1. The molecular weight excluding hydrogens is 242 g/mol. The second-order valence-corrected chi connectivity index (χ2v) is 6.15. The summed E-state index contributed by atoms with van der Waals surface area (Å²) >= 11 is 0. The van der Waals surface area contributed by atoms with Crippen LogP contribution in [0, 0.1) is 11.8 Å². The van der Waals surface area contributed by atoms with Crippen LogP contribution in [0.2, 0.25) is 0 Å². The van der Waals surface area contributed by atoms with E-state index in [2.05, 4.69) is 5.32 Å². The smallest absolute Gasteiger partial charge is 0.410 e. The highest BCUT2D eigenvalue weighted by Gasteiger charge is 2.53. The average molecular weight is 262 g/mol. The molecule has 0 bridgehead atoms. The molecule has 6 heteroatoms. The van der Waals surface area contributed by atoms with E-state index in [0.29, 0.717) is 19.6 Å². The fraction of sp³-hybridized carbons (Fsp3) is 0.917. The zero-order valence-electron chi connectivity index (χ0n) is 11.0. The van der Waals surface area contributed by atoms with Crippen LogP contribution in [0.1, 0.15) is 20.8 Å². The van der Waals surface area contributed by atoms with Crippen LogP contribution in [0.15, 0.2) is 0 Å². The predicted octanol–water partition coefficient (Wildman–Crippen LogP) is 1.71. The van der Waals surface area contributed by atoms with Crippen molar-refractivity contribution in [1.82, 2.24) is 10.2 Å². The molecule has 2 saturated heterocycles. The highest BCUT2D eigenvalue weighted by atomic mass is 19.3. The minimum Gasteiger partial charge on any atom is -0.444 e. The minimum absolute atomic E-state index is 0.179. The number of nitrogens with zero attached hydrogens (tertiary/aromatic N) is 1. The summed E-state index contributed by atoms with van der Waals surface area (Å²) in [5.74, 6) is -3.67. The number of piperidine rings is 1. The minimum atomic E-state index is -2.83. The number of fused-ring (bicyclic) bond motifs is 1. The Kier molecular flexibility index (Phi) is 3.25. The second kappa shape index (κ2) is 4.33. The Morgan fingerprint density at radius 2 is 2.06 bits per heavy atom. The number of carbonyl (C=O) groups is 1. The maximum Gasteiger partial charge on any atom is 0.410 e. The van der Waals surface area contributed by atoms with Gasteiger partial charge in [-0.2, -0.15) is 0 Å². The van der Waals surface area contributed by atoms with E-state index in [1.807, 2.05) is 0 Å². The third kappa shape index (κ3) is 2.74. The lowest BCUT2D eigenvalue weighted by Gasteiger charge is -2.40. The molecule has 4 nitrogen and oxygen atoms in total. The van der Waals surface area contributed by atoms with Crippen molar-refractivity contribution in [1.29, 1.82) is 0 Å². The highest BCUT2D eigenvalue weighted by molar-refractivity contribution is 5.68. The lowest BCUT2D eigenvalue weighted by atomic mass is 9.86. The first-order valence-electron chi connectivity index (χ1n) is 6.25.